The number of carbonyl (C=O) groups is 3. The second-order valence-electron chi connectivity index (χ2n) is 8.60. The molecule has 0 saturated carbocycles. The predicted octanol–water partition coefficient (Wildman–Crippen LogP) is 6.75. The van der Waals surface area contributed by atoms with Gasteiger partial charge in [0, 0.05) is 16.7 Å². The van der Waals surface area contributed by atoms with Crippen molar-refractivity contribution < 1.29 is 28.6 Å². The molecule has 188 valence electrons. The van der Waals surface area contributed by atoms with Crippen LogP contribution in [0.2, 0.25) is 0 Å². The van der Waals surface area contributed by atoms with E-state index in [-0.39, 0.29) is 22.6 Å². The number of hydrogen-bond acceptors (Lipinski definition) is 6. The molecule has 0 saturated heterocycles. The summed E-state index contributed by atoms with van der Waals surface area (Å²) in [5.41, 5.74) is 4.38. The second-order valence-corrected chi connectivity index (χ2v) is 8.60. The number of hydrogen-bond donors (Lipinski definition) is 0. The first kappa shape index (κ1) is 28.1. The number of esters is 3. The highest BCUT2D eigenvalue weighted by atomic mass is 16.6. The van der Waals surface area contributed by atoms with Crippen LogP contribution in [0.25, 0.3) is 5.57 Å². The first-order chi connectivity index (χ1) is 16.9. The van der Waals surface area contributed by atoms with Gasteiger partial charge in [0.15, 0.2) is 11.5 Å². The summed E-state index contributed by atoms with van der Waals surface area (Å²) in [6.45, 7) is 19.6. The summed E-state index contributed by atoms with van der Waals surface area (Å²) in [5, 5.41) is 0. The van der Waals surface area contributed by atoms with Crippen LogP contribution >= 0.6 is 0 Å². The fraction of sp³-hybridized carbons (Fsp3) is 0.233. The number of ether oxygens (including phenoxy) is 3. The van der Waals surface area contributed by atoms with Crippen LogP contribution in [0.1, 0.15) is 58.6 Å². The normalized spacial score (nSPS) is 11.1. The average Bonchev–Trinajstić information content (AvgIpc) is 2.81. The third-order valence-corrected chi connectivity index (χ3v) is 5.09. The van der Waals surface area contributed by atoms with Crippen LogP contribution in [0.4, 0.5) is 0 Å². The van der Waals surface area contributed by atoms with Gasteiger partial charge in [0.2, 0.25) is 0 Å². The van der Waals surface area contributed by atoms with E-state index < -0.39 is 17.9 Å². The van der Waals surface area contributed by atoms with E-state index in [0.29, 0.717) is 11.3 Å². The average molecular weight is 489 g/mol. The summed E-state index contributed by atoms with van der Waals surface area (Å²) >= 11 is 0. The minimum atomic E-state index is -0.640. The Balaban J connectivity index is 2.59. The minimum absolute atomic E-state index is 0.0870. The maximum absolute atomic E-state index is 12.3. The molecule has 0 heterocycles. The first-order valence-electron chi connectivity index (χ1n) is 11.5. The van der Waals surface area contributed by atoms with E-state index in [0.717, 1.165) is 35.1 Å². The molecule has 6 nitrogen and oxygen atoms in total. The summed E-state index contributed by atoms with van der Waals surface area (Å²) in [7, 11) is 0. The van der Waals surface area contributed by atoms with Gasteiger partial charge >= 0.3 is 17.9 Å². The van der Waals surface area contributed by atoms with Crippen molar-refractivity contribution >= 4 is 23.5 Å². The van der Waals surface area contributed by atoms with Crippen LogP contribution < -0.4 is 14.2 Å². The van der Waals surface area contributed by atoms with Gasteiger partial charge < -0.3 is 14.2 Å². The summed E-state index contributed by atoms with van der Waals surface area (Å²) in [6, 6.07) is 12.2. The van der Waals surface area contributed by atoms with Crippen LogP contribution in [0.15, 0.2) is 84.5 Å². The molecule has 2 aromatic carbocycles. The van der Waals surface area contributed by atoms with E-state index in [1.54, 1.807) is 37.3 Å². The highest BCUT2D eigenvalue weighted by Crippen LogP contribution is 2.36. The van der Waals surface area contributed by atoms with E-state index >= 15 is 0 Å². The lowest BCUT2D eigenvalue weighted by Crippen LogP contribution is -2.13. The molecule has 2 rings (SSSR count). The molecule has 0 bridgehead atoms. The van der Waals surface area contributed by atoms with Gasteiger partial charge in [-0.1, -0.05) is 56.9 Å². The smallest absolute Gasteiger partial charge is 0.338 e. The molecular formula is C30H32O6. The van der Waals surface area contributed by atoms with Gasteiger partial charge in [0.05, 0.1) is 0 Å². The van der Waals surface area contributed by atoms with Crippen molar-refractivity contribution in [3.05, 3.63) is 95.6 Å². The molecule has 0 aliphatic heterocycles. The Kier molecular flexibility index (Phi) is 9.74. The van der Waals surface area contributed by atoms with Crippen molar-refractivity contribution in [3.63, 3.8) is 0 Å². The molecule has 0 aliphatic rings. The Labute approximate surface area is 212 Å². The second kappa shape index (κ2) is 12.5. The lowest BCUT2D eigenvalue weighted by Gasteiger charge is -2.17. The minimum Gasteiger partial charge on any atom is -0.423 e. The van der Waals surface area contributed by atoms with Gasteiger partial charge in [-0.05, 0) is 75.1 Å². The molecule has 0 amide bonds. The Morgan fingerprint density at radius 2 is 1.14 bits per heavy atom. The number of rotatable bonds is 10. The standard InChI is InChI=1S/C30H32O6/c1-9-10-21(8)27(22-11-14-24(15-12-22)34-28(31)18(2)3)23-13-16-25(35-29(32)19(4)5)26(17-23)36-30(33)20(6)7/h11-17H,2,4,6,9-10H2,1,3,5,7-8H3/b27-21-. The summed E-state index contributed by atoms with van der Waals surface area (Å²) in [5.74, 6) is -1.19. The predicted molar refractivity (Wildman–Crippen MR) is 141 cm³/mol. The molecule has 0 fully saturated rings. The lowest BCUT2D eigenvalue weighted by atomic mass is 9.91. The van der Waals surface area contributed by atoms with E-state index in [1.165, 1.54) is 13.8 Å². The van der Waals surface area contributed by atoms with Gasteiger partial charge in [0.25, 0.3) is 0 Å². The zero-order valence-corrected chi connectivity index (χ0v) is 21.5. The van der Waals surface area contributed by atoms with E-state index in [1.807, 2.05) is 19.1 Å². The Hall–Kier alpha value is -4.19. The lowest BCUT2D eigenvalue weighted by molar-refractivity contribution is -0.132. The van der Waals surface area contributed by atoms with Crippen molar-refractivity contribution in [1.82, 2.24) is 0 Å². The van der Waals surface area contributed by atoms with Crippen LogP contribution in [-0.4, -0.2) is 17.9 Å². The zero-order chi connectivity index (χ0) is 27.0. The van der Waals surface area contributed by atoms with Crippen molar-refractivity contribution in [2.75, 3.05) is 0 Å². The molecular weight excluding hydrogens is 456 g/mol. The quantitative estimate of drug-likeness (QED) is 0.209. The largest absolute Gasteiger partial charge is 0.423 e. The fourth-order valence-corrected chi connectivity index (χ4v) is 3.24. The molecule has 0 unspecified atom stereocenters. The Morgan fingerprint density at radius 3 is 1.64 bits per heavy atom. The molecule has 0 N–H and O–H groups in total. The van der Waals surface area contributed by atoms with E-state index in [9.17, 15) is 14.4 Å². The molecule has 6 heteroatoms. The van der Waals surface area contributed by atoms with Crippen molar-refractivity contribution in [2.45, 2.75) is 47.5 Å². The van der Waals surface area contributed by atoms with E-state index in [2.05, 4.69) is 26.7 Å². The molecule has 36 heavy (non-hydrogen) atoms. The van der Waals surface area contributed by atoms with E-state index in [4.69, 9.17) is 14.2 Å². The maximum atomic E-state index is 12.3. The number of carbonyl (C=O) groups excluding carboxylic acids is 3. The summed E-state index contributed by atoms with van der Waals surface area (Å²) in [6.07, 6.45) is 1.75. The van der Waals surface area contributed by atoms with Crippen LogP contribution in [0, 0.1) is 0 Å². The molecule has 0 spiro atoms. The fourth-order valence-electron chi connectivity index (χ4n) is 3.24. The van der Waals surface area contributed by atoms with Crippen molar-refractivity contribution in [1.29, 1.82) is 0 Å². The topological polar surface area (TPSA) is 78.9 Å². The van der Waals surface area contributed by atoms with Crippen LogP contribution in [-0.2, 0) is 14.4 Å². The number of benzene rings is 2. The van der Waals surface area contributed by atoms with Gasteiger partial charge in [0.1, 0.15) is 5.75 Å². The van der Waals surface area contributed by atoms with Crippen LogP contribution in [0.3, 0.4) is 0 Å². The van der Waals surface area contributed by atoms with Gasteiger partial charge in [-0.25, -0.2) is 14.4 Å². The summed E-state index contributed by atoms with van der Waals surface area (Å²) < 4.78 is 16.2. The highest BCUT2D eigenvalue weighted by Gasteiger charge is 2.18. The summed E-state index contributed by atoms with van der Waals surface area (Å²) in [4.78, 5) is 36.3. The molecule has 0 aromatic heterocycles. The molecule has 2 aromatic rings. The van der Waals surface area contributed by atoms with Crippen molar-refractivity contribution in [2.24, 2.45) is 0 Å². The third kappa shape index (κ3) is 7.40. The Morgan fingerprint density at radius 1 is 0.667 bits per heavy atom. The monoisotopic (exact) mass is 488 g/mol. The molecule has 0 atom stereocenters. The van der Waals surface area contributed by atoms with Crippen molar-refractivity contribution in [3.8, 4) is 17.2 Å². The number of allylic oxidation sites excluding steroid dienone is 1. The highest BCUT2D eigenvalue weighted by molar-refractivity contribution is 5.92. The molecule has 0 radical (unpaired) electrons. The Bertz CT molecular complexity index is 1240. The van der Waals surface area contributed by atoms with Gasteiger partial charge in [-0.15, -0.1) is 0 Å². The SMILES string of the molecule is C=C(C)C(=O)Oc1ccc(/C(=C(\C)CCC)c2ccc(OC(=O)C(=C)C)c(OC(=O)C(=C)C)c2)cc1. The van der Waals surface area contributed by atoms with Gasteiger partial charge in [-0.2, -0.15) is 0 Å². The molecule has 0 aliphatic carbocycles. The van der Waals surface area contributed by atoms with Crippen LogP contribution in [0.5, 0.6) is 17.2 Å². The maximum Gasteiger partial charge on any atom is 0.338 e. The van der Waals surface area contributed by atoms with Gasteiger partial charge in [-0.3, -0.25) is 0 Å². The first-order valence-corrected chi connectivity index (χ1v) is 11.5. The zero-order valence-electron chi connectivity index (χ0n) is 21.5. The third-order valence-electron chi connectivity index (χ3n) is 5.09.